The molecule has 2 aliphatic rings. The summed E-state index contributed by atoms with van der Waals surface area (Å²) in [5.41, 5.74) is 5.99. The Morgan fingerprint density at radius 2 is 1.85 bits per heavy atom. The van der Waals surface area contributed by atoms with Crippen LogP contribution in [0.1, 0.15) is 5.56 Å². The number of nitrogens with zero attached hydrogens (tertiary/aromatic N) is 6. The average molecular weight is 461 g/mol. The zero-order chi connectivity index (χ0) is 23.4. The van der Waals surface area contributed by atoms with Crippen LogP contribution in [-0.2, 0) is 6.54 Å². The lowest BCUT2D eigenvalue weighted by Crippen LogP contribution is -2.28. The Hall–Kier alpha value is -3.52. The van der Waals surface area contributed by atoms with Crippen molar-refractivity contribution in [2.75, 3.05) is 38.6 Å². The fourth-order valence-electron chi connectivity index (χ4n) is 5.19. The molecule has 0 spiro atoms. The molecule has 6 nitrogen and oxygen atoms in total. The highest BCUT2D eigenvalue weighted by Gasteiger charge is 2.33. The van der Waals surface area contributed by atoms with Crippen LogP contribution in [0.4, 0.5) is 14.5 Å². The van der Waals surface area contributed by atoms with Gasteiger partial charge >= 0.3 is 0 Å². The quantitative estimate of drug-likeness (QED) is 0.402. The number of anilines is 1. The van der Waals surface area contributed by atoms with Crippen LogP contribution < -0.4 is 4.90 Å². The van der Waals surface area contributed by atoms with Crippen LogP contribution in [0.15, 0.2) is 61.1 Å². The molecule has 0 amide bonds. The van der Waals surface area contributed by atoms with Crippen LogP contribution in [0, 0.1) is 11.7 Å². The van der Waals surface area contributed by atoms with Gasteiger partial charge in [0.1, 0.15) is 18.3 Å². The van der Waals surface area contributed by atoms with Crippen molar-refractivity contribution in [1.29, 1.82) is 0 Å². The molecule has 0 aliphatic carbocycles. The van der Waals surface area contributed by atoms with Gasteiger partial charge < -0.3 is 14.4 Å². The van der Waals surface area contributed by atoms with Gasteiger partial charge in [0, 0.05) is 49.5 Å². The topological polar surface area (TPSA) is 42.1 Å². The first-order valence-corrected chi connectivity index (χ1v) is 11.5. The van der Waals surface area contributed by atoms with E-state index < -0.39 is 6.17 Å². The molecule has 2 unspecified atom stereocenters. The van der Waals surface area contributed by atoms with Crippen LogP contribution in [0.2, 0.25) is 0 Å². The second kappa shape index (κ2) is 8.06. The fourth-order valence-corrected chi connectivity index (χ4v) is 5.19. The van der Waals surface area contributed by atoms with Gasteiger partial charge in [-0.25, -0.2) is 18.4 Å². The van der Waals surface area contributed by atoms with Crippen molar-refractivity contribution < 1.29 is 8.78 Å². The van der Waals surface area contributed by atoms with E-state index in [2.05, 4.69) is 54.9 Å². The van der Waals surface area contributed by atoms with Gasteiger partial charge in [-0.05, 0) is 61.6 Å². The highest BCUT2D eigenvalue weighted by Crippen LogP contribution is 2.35. The highest BCUT2D eigenvalue weighted by atomic mass is 19.1. The Morgan fingerprint density at radius 1 is 1.03 bits per heavy atom. The highest BCUT2D eigenvalue weighted by molar-refractivity contribution is 5.71. The SMILES string of the molecule is CN(C)CC1CN(c2ccc3c(c2)Cn2cc(-c4ccc(F)cc4)cc2-c2ncnn2-3)CC1F. The zero-order valence-corrected chi connectivity index (χ0v) is 19.2. The molecule has 8 heteroatoms. The van der Waals surface area contributed by atoms with Gasteiger partial charge in [0.05, 0.1) is 11.4 Å². The third-order valence-electron chi connectivity index (χ3n) is 6.81. The van der Waals surface area contributed by atoms with E-state index in [1.807, 2.05) is 18.8 Å². The molecule has 0 N–H and O–H groups in total. The molecule has 2 aliphatic heterocycles. The normalized spacial score (nSPS) is 19.1. The summed E-state index contributed by atoms with van der Waals surface area (Å²) >= 11 is 0. The predicted molar refractivity (Wildman–Crippen MR) is 128 cm³/mol. The predicted octanol–water partition coefficient (Wildman–Crippen LogP) is 4.24. The number of rotatable bonds is 4. The van der Waals surface area contributed by atoms with E-state index in [9.17, 15) is 8.78 Å². The Balaban J connectivity index is 1.37. The van der Waals surface area contributed by atoms with Gasteiger partial charge in [-0.1, -0.05) is 12.1 Å². The summed E-state index contributed by atoms with van der Waals surface area (Å²) in [6.07, 6.45) is 2.80. The van der Waals surface area contributed by atoms with Gasteiger partial charge in [0.2, 0.25) is 0 Å². The van der Waals surface area contributed by atoms with Crippen molar-refractivity contribution in [2.45, 2.75) is 12.7 Å². The molecular formula is C26H26F2N6. The number of fused-ring (bicyclic) bond motifs is 5. The van der Waals surface area contributed by atoms with Crippen LogP contribution in [-0.4, -0.2) is 64.1 Å². The molecule has 2 aromatic heterocycles. The molecule has 1 fully saturated rings. The lowest BCUT2D eigenvalue weighted by Gasteiger charge is -2.21. The molecule has 1 saturated heterocycles. The zero-order valence-electron chi connectivity index (χ0n) is 19.2. The molecule has 0 saturated carbocycles. The van der Waals surface area contributed by atoms with Crippen LogP contribution >= 0.6 is 0 Å². The van der Waals surface area contributed by atoms with E-state index >= 15 is 0 Å². The summed E-state index contributed by atoms with van der Waals surface area (Å²) in [5.74, 6) is 0.511. The first-order valence-electron chi connectivity index (χ1n) is 11.5. The smallest absolute Gasteiger partial charge is 0.179 e. The van der Waals surface area contributed by atoms with Crippen LogP contribution in [0.3, 0.4) is 0 Å². The van der Waals surface area contributed by atoms with Gasteiger partial charge in [-0.15, -0.1) is 0 Å². The molecule has 2 aromatic carbocycles. The van der Waals surface area contributed by atoms with Crippen molar-refractivity contribution in [1.82, 2.24) is 24.2 Å². The van der Waals surface area contributed by atoms with Crippen molar-refractivity contribution >= 4 is 5.69 Å². The molecular weight excluding hydrogens is 434 g/mol. The Labute approximate surface area is 197 Å². The van der Waals surface area contributed by atoms with Crippen LogP contribution in [0.25, 0.3) is 28.3 Å². The van der Waals surface area contributed by atoms with Gasteiger partial charge in [0.25, 0.3) is 0 Å². The third-order valence-corrected chi connectivity index (χ3v) is 6.81. The largest absolute Gasteiger partial charge is 0.368 e. The minimum Gasteiger partial charge on any atom is -0.368 e. The maximum absolute atomic E-state index is 14.7. The lowest BCUT2D eigenvalue weighted by molar-refractivity contribution is 0.231. The maximum Gasteiger partial charge on any atom is 0.179 e. The molecule has 0 bridgehead atoms. The molecule has 34 heavy (non-hydrogen) atoms. The van der Waals surface area contributed by atoms with E-state index in [4.69, 9.17) is 0 Å². The van der Waals surface area contributed by atoms with Gasteiger partial charge in [-0.2, -0.15) is 5.10 Å². The Bertz CT molecular complexity index is 1340. The van der Waals surface area contributed by atoms with Crippen molar-refractivity contribution in [3.63, 3.8) is 0 Å². The van der Waals surface area contributed by atoms with Crippen molar-refractivity contribution in [3.05, 3.63) is 72.4 Å². The fraction of sp³-hybridized carbons (Fsp3) is 0.308. The summed E-state index contributed by atoms with van der Waals surface area (Å²) in [5, 5.41) is 4.50. The van der Waals surface area contributed by atoms with E-state index in [1.165, 1.54) is 12.1 Å². The molecule has 0 radical (unpaired) electrons. The Kier molecular flexibility index (Phi) is 4.99. The molecule has 174 valence electrons. The maximum atomic E-state index is 14.7. The summed E-state index contributed by atoms with van der Waals surface area (Å²) in [4.78, 5) is 8.73. The summed E-state index contributed by atoms with van der Waals surface area (Å²) in [7, 11) is 3.98. The second-order valence-corrected chi connectivity index (χ2v) is 9.50. The second-order valence-electron chi connectivity index (χ2n) is 9.50. The summed E-state index contributed by atoms with van der Waals surface area (Å²) in [6, 6.07) is 14.8. The number of halogens is 2. The minimum atomic E-state index is -0.836. The molecule has 4 aromatic rings. The van der Waals surface area contributed by atoms with E-state index in [0.29, 0.717) is 19.6 Å². The number of alkyl halides is 1. The van der Waals surface area contributed by atoms with E-state index in [1.54, 1.807) is 18.5 Å². The number of hydrogen-bond acceptors (Lipinski definition) is 4. The first-order chi connectivity index (χ1) is 16.5. The lowest BCUT2D eigenvalue weighted by atomic mass is 10.1. The average Bonchev–Trinajstić information content (AvgIpc) is 3.52. The number of benzene rings is 2. The molecule has 6 rings (SSSR count). The Morgan fingerprint density at radius 3 is 2.65 bits per heavy atom. The van der Waals surface area contributed by atoms with Gasteiger partial charge in [-0.3, -0.25) is 0 Å². The standard InChI is InChI=1S/C26H26F2N6/c1-31(2)11-20-14-32(15-23(20)28)22-7-8-24-19(9-22)13-33-12-18(17-3-5-21(27)6-4-17)10-25(33)26-29-16-30-34(24)26/h3-10,12,16,20,23H,11,13-15H2,1-2H3. The molecule has 4 heterocycles. The van der Waals surface area contributed by atoms with E-state index in [-0.39, 0.29) is 11.7 Å². The monoisotopic (exact) mass is 460 g/mol. The molecule has 2 atom stereocenters. The van der Waals surface area contributed by atoms with Gasteiger partial charge in [0.15, 0.2) is 5.82 Å². The number of hydrogen-bond donors (Lipinski definition) is 0. The van der Waals surface area contributed by atoms with Crippen molar-refractivity contribution in [3.8, 4) is 28.3 Å². The minimum absolute atomic E-state index is 0.00467. The number of aromatic nitrogens is 4. The van der Waals surface area contributed by atoms with Crippen molar-refractivity contribution in [2.24, 2.45) is 5.92 Å². The third kappa shape index (κ3) is 3.58. The van der Waals surface area contributed by atoms with E-state index in [0.717, 1.165) is 46.1 Å². The summed E-state index contributed by atoms with van der Waals surface area (Å²) < 4.78 is 32.2. The first kappa shape index (κ1) is 21.0. The summed E-state index contributed by atoms with van der Waals surface area (Å²) in [6.45, 7) is 2.49. The van der Waals surface area contributed by atoms with Crippen LogP contribution in [0.5, 0.6) is 0 Å².